The Morgan fingerprint density at radius 3 is 1.25 bits per heavy atom. The van der Waals surface area contributed by atoms with Crippen LogP contribution in [0.4, 0.5) is 9.59 Å². The molecule has 0 amide bonds. The van der Waals surface area contributed by atoms with Crippen LogP contribution in [0.3, 0.4) is 0 Å². The van der Waals surface area contributed by atoms with E-state index < -0.39 is 61.5 Å². The summed E-state index contributed by atoms with van der Waals surface area (Å²) >= 11 is 2.82. The Hall–Kier alpha value is -4.42. The monoisotopic (exact) mass is 780 g/mol. The molecule has 53 heavy (non-hydrogen) atoms. The summed E-state index contributed by atoms with van der Waals surface area (Å²) in [5.41, 5.74) is 11.6. The van der Waals surface area contributed by atoms with E-state index in [-0.39, 0.29) is 39.6 Å². The van der Waals surface area contributed by atoms with Gasteiger partial charge in [-0.25, -0.2) is 9.59 Å². The summed E-state index contributed by atoms with van der Waals surface area (Å²) < 4.78 is 35.7. The van der Waals surface area contributed by atoms with Gasteiger partial charge in [-0.3, -0.25) is 9.59 Å². The minimum atomic E-state index is -1.53. The Kier molecular flexibility index (Phi) is 19.7. The topological polar surface area (TPSA) is 225 Å². The highest BCUT2D eigenvalue weighted by molar-refractivity contribution is 8.02. The molecule has 0 saturated carbocycles. The zero-order chi connectivity index (χ0) is 39.3. The number of carbonyl (C=O) groups excluding carboxylic acids is 4. The molecule has 2 atom stereocenters. The fraction of sp³-hybridized carbons (Fsp3) is 0.444. The standard InChI is InChI=1S/C36H48N2O13S2/c1-25(37)52-19-29-9-5-27(6-10-29)17-48-31(41)35(3,21-39)23-50-33(43)46-15-13-45-14-16-47-34(44)51-24-36(4,22-40)32(42)49-18-28-7-11-30(12-8-28)20-53-26(2)38/h5-12,39-40H,1-2,13-24,37-38H2,3-4H3. The van der Waals surface area contributed by atoms with Crippen molar-refractivity contribution in [3.8, 4) is 0 Å². The molecule has 0 fully saturated rings. The zero-order valence-electron chi connectivity index (χ0n) is 29.9. The van der Waals surface area contributed by atoms with Crippen LogP contribution in [0.2, 0.25) is 0 Å². The van der Waals surface area contributed by atoms with E-state index in [9.17, 15) is 29.4 Å². The highest BCUT2D eigenvalue weighted by Gasteiger charge is 2.37. The molecule has 2 aromatic carbocycles. The Morgan fingerprint density at radius 1 is 0.585 bits per heavy atom. The molecule has 0 spiro atoms. The van der Waals surface area contributed by atoms with Crippen LogP contribution in [0.1, 0.15) is 36.1 Å². The van der Waals surface area contributed by atoms with E-state index in [1.165, 1.54) is 37.4 Å². The summed E-state index contributed by atoms with van der Waals surface area (Å²) in [4.78, 5) is 49.3. The third-order valence-corrected chi connectivity index (χ3v) is 8.93. The molecule has 17 heteroatoms. The number of ether oxygens (including phenoxy) is 7. The highest BCUT2D eigenvalue weighted by atomic mass is 32.2. The lowest BCUT2D eigenvalue weighted by molar-refractivity contribution is -0.163. The lowest BCUT2D eigenvalue weighted by atomic mass is 9.93. The average Bonchev–Trinajstić information content (AvgIpc) is 3.15. The number of aliphatic hydroxyl groups is 2. The van der Waals surface area contributed by atoms with Crippen molar-refractivity contribution in [1.29, 1.82) is 0 Å². The minimum Gasteiger partial charge on any atom is -0.460 e. The second-order valence-electron chi connectivity index (χ2n) is 12.1. The van der Waals surface area contributed by atoms with E-state index in [1.807, 2.05) is 24.3 Å². The van der Waals surface area contributed by atoms with Crippen LogP contribution in [0.5, 0.6) is 0 Å². The smallest absolute Gasteiger partial charge is 0.460 e. The van der Waals surface area contributed by atoms with E-state index >= 15 is 0 Å². The summed E-state index contributed by atoms with van der Waals surface area (Å²) in [7, 11) is 0. The quantitative estimate of drug-likeness (QED) is 0.0668. The molecular formula is C36H48N2O13S2. The summed E-state index contributed by atoms with van der Waals surface area (Å²) in [6.45, 7) is 7.09. The minimum absolute atomic E-state index is 0.0460. The second-order valence-corrected chi connectivity index (χ2v) is 14.3. The number of thioether (sulfide) groups is 2. The molecule has 2 aromatic rings. The van der Waals surface area contributed by atoms with Gasteiger partial charge in [0.25, 0.3) is 0 Å². The number of nitrogens with two attached hydrogens (primary N) is 2. The SMILES string of the molecule is C=C(N)SCc1ccc(COC(=O)C(C)(CO)COC(=O)OCCOCCOC(=O)OCC(C)(CO)C(=O)OCc2ccc(CSC(=C)N)cc2)cc1. The van der Waals surface area contributed by atoms with Gasteiger partial charge in [-0.15, -0.1) is 23.5 Å². The van der Waals surface area contributed by atoms with Gasteiger partial charge in [0.15, 0.2) is 0 Å². The maximum Gasteiger partial charge on any atom is 0.508 e. The maximum absolute atomic E-state index is 12.6. The molecule has 0 aliphatic rings. The molecule has 0 aliphatic carbocycles. The normalized spacial score (nSPS) is 13.1. The van der Waals surface area contributed by atoms with Gasteiger partial charge in [0, 0.05) is 11.5 Å². The van der Waals surface area contributed by atoms with Gasteiger partial charge in [-0.2, -0.15) is 0 Å². The third kappa shape index (κ3) is 17.3. The van der Waals surface area contributed by atoms with Crippen molar-refractivity contribution in [1.82, 2.24) is 0 Å². The van der Waals surface area contributed by atoms with Crippen molar-refractivity contribution in [2.45, 2.75) is 38.6 Å². The first-order chi connectivity index (χ1) is 25.2. The fourth-order valence-corrected chi connectivity index (χ4v) is 4.88. The second kappa shape index (κ2) is 23.3. The molecular weight excluding hydrogens is 733 g/mol. The zero-order valence-corrected chi connectivity index (χ0v) is 31.5. The van der Waals surface area contributed by atoms with Gasteiger partial charge < -0.3 is 54.8 Å². The Bertz CT molecular complexity index is 1400. The lowest BCUT2D eigenvalue weighted by Gasteiger charge is -2.24. The molecule has 0 aliphatic heterocycles. The van der Waals surface area contributed by atoms with Gasteiger partial charge in [-0.1, -0.05) is 61.7 Å². The van der Waals surface area contributed by atoms with Gasteiger partial charge >= 0.3 is 24.2 Å². The molecule has 0 aromatic heterocycles. The molecule has 0 heterocycles. The number of esters is 2. The Balaban J connectivity index is 1.59. The number of carbonyl (C=O) groups is 4. The third-order valence-electron chi connectivity index (χ3n) is 7.23. The van der Waals surface area contributed by atoms with Gasteiger partial charge in [0.05, 0.1) is 36.5 Å². The van der Waals surface area contributed by atoms with Gasteiger partial charge in [0.1, 0.15) is 50.5 Å². The number of benzene rings is 2. The lowest BCUT2D eigenvalue weighted by Crippen LogP contribution is -2.39. The predicted octanol–water partition coefficient (Wildman–Crippen LogP) is 4.12. The summed E-state index contributed by atoms with van der Waals surface area (Å²) in [6.07, 6.45) is -2.19. The summed E-state index contributed by atoms with van der Waals surface area (Å²) in [6, 6.07) is 14.7. The molecule has 15 nitrogen and oxygen atoms in total. The molecule has 2 rings (SSSR count). The Morgan fingerprint density at radius 2 is 0.925 bits per heavy atom. The van der Waals surface area contributed by atoms with Crippen molar-refractivity contribution in [2.75, 3.05) is 52.9 Å². The molecule has 0 bridgehead atoms. The largest absolute Gasteiger partial charge is 0.508 e. The van der Waals surface area contributed by atoms with E-state index in [2.05, 4.69) is 13.2 Å². The van der Waals surface area contributed by atoms with Crippen LogP contribution in [0, 0.1) is 10.8 Å². The van der Waals surface area contributed by atoms with E-state index in [4.69, 9.17) is 44.6 Å². The van der Waals surface area contributed by atoms with Crippen LogP contribution in [-0.2, 0) is 67.5 Å². The number of rotatable bonds is 24. The van der Waals surface area contributed by atoms with Crippen LogP contribution < -0.4 is 11.5 Å². The van der Waals surface area contributed by atoms with E-state index in [0.717, 1.165) is 22.3 Å². The van der Waals surface area contributed by atoms with Crippen LogP contribution >= 0.6 is 23.5 Å². The molecule has 292 valence electrons. The molecule has 0 radical (unpaired) electrons. The van der Waals surface area contributed by atoms with Crippen molar-refractivity contribution < 1.29 is 62.5 Å². The molecule has 2 unspecified atom stereocenters. The predicted molar refractivity (Wildman–Crippen MR) is 198 cm³/mol. The van der Waals surface area contributed by atoms with Crippen molar-refractivity contribution in [3.05, 3.63) is 94.0 Å². The van der Waals surface area contributed by atoms with Crippen LogP contribution in [0.15, 0.2) is 71.7 Å². The summed E-state index contributed by atoms with van der Waals surface area (Å²) in [5, 5.41) is 20.6. The van der Waals surface area contributed by atoms with Crippen molar-refractivity contribution in [2.24, 2.45) is 22.3 Å². The summed E-state index contributed by atoms with van der Waals surface area (Å²) in [5.74, 6) is -0.219. The first kappa shape index (κ1) is 44.7. The van der Waals surface area contributed by atoms with Crippen molar-refractivity contribution in [3.63, 3.8) is 0 Å². The van der Waals surface area contributed by atoms with Crippen LogP contribution in [-0.4, -0.2) is 87.3 Å². The molecule has 6 N–H and O–H groups in total. The molecule has 0 saturated heterocycles. The highest BCUT2D eigenvalue weighted by Crippen LogP contribution is 2.23. The first-order valence-electron chi connectivity index (χ1n) is 16.2. The number of aliphatic hydroxyl groups excluding tert-OH is 2. The van der Waals surface area contributed by atoms with Gasteiger partial charge in [0.2, 0.25) is 0 Å². The fourth-order valence-electron chi connectivity index (χ4n) is 3.79. The van der Waals surface area contributed by atoms with E-state index in [0.29, 0.717) is 21.6 Å². The van der Waals surface area contributed by atoms with E-state index in [1.54, 1.807) is 24.3 Å². The van der Waals surface area contributed by atoms with Gasteiger partial charge in [-0.05, 0) is 36.1 Å². The van der Waals surface area contributed by atoms with Crippen LogP contribution in [0.25, 0.3) is 0 Å². The number of hydrogen-bond donors (Lipinski definition) is 4. The Labute approximate surface area is 317 Å². The maximum atomic E-state index is 12.6. The number of hydrogen-bond acceptors (Lipinski definition) is 17. The first-order valence-corrected chi connectivity index (χ1v) is 18.2. The van der Waals surface area contributed by atoms with Crippen molar-refractivity contribution >= 4 is 47.8 Å². The average molecular weight is 781 g/mol.